The number of carbonyl (C=O) groups is 4. The zero-order valence-corrected chi connectivity index (χ0v) is 33.3. The second kappa shape index (κ2) is 19.6. The number of halogens is 2. The molecule has 0 aromatic heterocycles. The number of allylic oxidation sites excluding steroid dienone is 2. The third-order valence-electron chi connectivity index (χ3n) is 5.81. The van der Waals surface area contributed by atoms with Crippen LogP contribution in [0.25, 0.3) is 12.2 Å². The standard InChI is InChI=1S/C35H44I2N2O10/c1-34(2,3)48-32(42)38-13-15-46-30-26(36)17-22(19-28(30)44-7)9-11-24(40)21-25(41)12-10-23-18-27(37)31(29(20-23)45-8)47-16-14-39-33(43)49-35(4,5)6/h9-12,17-20H,13-16,21H2,1-8H3,(H,38,42)(H,39,43)/b11-9+,12-10+. The van der Waals surface area contributed by atoms with Crippen LogP contribution >= 0.6 is 45.2 Å². The van der Waals surface area contributed by atoms with E-state index >= 15 is 0 Å². The normalized spacial score (nSPS) is 11.6. The zero-order chi connectivity index (χ0) is 36.8. The average molecular weight is 907 g/mol. The maximum Gasteiger partial charge on any atom is 0.407 e. The number of ketones is 2. The van der Waals surface area contributed by atoms with Gasteiger partial charge in [0.25, 0.3) is 0 Å². The van der Waals surface area contributed by atoms with Crippen molar-refractivity contribution in [1.82, 2.24) is 10.6 Å². The first-order valence-corrected chi connectivity index (χ1v) is 17.4. The van der Waals surface area contributed by atoms with Crippen molar-refractivity contribution >= 4 is 81.1 Å². The molecule has 2 N–H and O–H groups in total. The first-order valence-electron chi connectivity index (χ1n) is 15.3. The molecule has 0 saturated heterocycles. The number of amides is 2. The molecule has 0 heterocycles. The lowest BCUT2D eigenvalue weighted by Crippen LogP contribution is -2.34. The summed E-state index contributed by atoms with van der Waals surface area (Å²) in [5.41, 5.74) is 0.174. The smallest absolute Gasteiger partial charge is 0.407 e. The van der Waals surface area contributed by atoms with Crippen molar-refractivity contribution < 1.29 is 47.6 Å². The van der Waals surface area contributed by atoms with E-state index in [-0.39, 0.29) is 44.3 Å². The van der Waals surface area contributed by atoms with Gasteiger partial charge in [0.15, 0.2) is 34.6 Å². The molecular weight excluding hydrogens is 862 g/mol. The maximum atomic E-state index is 12.6. The average Bonchev–Trinajstić information content (AvgIpc) is 2.98. The van der Waals surface area contributed by atoms with Crippen LogP contribution in [0.3, 0.4) is 0 Å². The molecule has 49 heavy (non-hydrogen) atoms. The fourth-order valence-corrected chi connectivity index (χ4v) is 5.42. The molecule has 0 unspecified atom stereocenters. The highest BCUT2D eigenvalue weighted by Crippen LogP contribution is 2.35. The van der Waals surface area contributed by atoms with Crippen LogP contribution in [0.5, 0.6) is 23.0 Å². The molecule has 2 amide bonds. The second-order valence-corrected chi connectivity index (χ2v) is 14.7. The minimum atomic E-state index is -0.595. The van der Waals surface area contributed by atoms with Gasteiger partial charge in [0.2, 0.25) is 0 Å². The fourth-order valence-electron chi connectivity index (χ4n) is 3.86. The number of ether oxygens (including phenoxy) is 6. The van der Waals surface area contributed by atoms with E-state index in [4.69, 9.17) is 28.4 Å². The molecule has 0 atom stereocenters. The van der Waals surface area contributed by atoms with Crippen LogP contribution in [0.15, 0.2) is 36.4 Å². The van der Waals surface area contributed by atoms with E-state index in [0.717, 1.165) is 7.14 Å². The Balaban J connectivity index is 1.94. The molecule has 268 valence electrons. The Morgan fingerprint density at radius 3 is 1.35 bits per heavy atom. The number of nitrogens with one attached hydrogen (secondary N) is 2. The van der Waals surface area contributed by atoms with E-state index in [1.54, 1.807) is 65.8 Å². The van der Waals surface area contributed by atoms with Gasteiger partial charge in [-0.25, -0.2) is 9.59 Å². The Labute approximate surface area is 314 Å². The van der Waals surface area contributed by atoms with Gasteiger partial charge in [-0.05, 0) is 134 Å². The van der Waals surface area contributed by atoms with Gasteiger partial charge in [-0.3, -0.25) is 9.59 Å². The van der Waals surface area contributed by atoms with Gasteiger partial charge in [0.05, 0.1) is 40.9 Å². The third kappa shape index (κ3) is 16.1. The molecule has 0 radical (unpaired) electrons. The Morgan fingerprint density at radius 2 is 1.02 bits per heavy atom. The van der Waals surface area contributed by atoms with Crippen LogP contribution in [-0.4, -0.2) is 75.5 Å². The number of rotatable bonds is 16. The number of hydrogen-bond donors (Lipinski definition) is 2. The molecular formula is C35H44I2N2O10. The van der Waals surface area contributed by atoms with E-state index < -0.39 is 23.4 Å². The summed E-state index contributed by atoms with van der Waals surface area (Å²) < 4.78 is 34.5. The predicted octanol–water partition coefficient (Wildman–Crippen LogP) is 6.97. The van der Waals surface area contributed by atoms with Crippen molar-refractivity contribution in [2.45, 2.75) is 59.2 Å². The van der Waals surface area contributed by atoms with E-state index in [1.165, 1.54) is 26.4 Å². The van der Waals surface area contributed by atoms with Crippen molar-refractivity contribution in [2.75, 3.05) is 40.5 Å². The molecule has 12 nitrogen and oxygen atoms in total. The number of benzene rings is 2. The predicted molar refractivity (Wildman–Crippen MR) is 204 cm³/mol. The fraction of sp³-hybridized carbons (Fsp3) is 0.429. The lowest BCUT2D eigenvalue weighted by atomic mass is 10.1. The molecule has 0 aliphatic carbocycles. The van der Waals surface area contributed by atoms with Gasteiger partial charge in [-0.15, -0.1) is 0 Å². The summed E-state index contributed by atoms with van der Waals surface area (Å²) >= 11 is 4.20. The van der Waals surface area contributed by atoms with Crippen LogP contribution in [0, 0.1) is 7.14 Å². The highest BCUT2D eigenvalue weighted by Gasteiger charge is 2.18. The minimum absolute atomic E-state index is 0.188. The van der Waals surface area contributed by atoms with Gasteiger partial charge in [-0.2, -0.15) is 0 Å². The van der Waals surface area contributed by atoms with Crippen LogP contribution < -0.4 is 29.6 Å². The van der Waals surface area contributed by atoms with Crippen LogP contribution in [0.4, 0.5) is 9.59 Å². The highest BCUT2D eigenvalue weighted by molar-refractivity contribution is 14.1. The summed E-state index contributed by atoms with van der Waals surface area (Å²) in [6.07, 6.45) is 4.52. The number of hydrogen-bond acceptors (Lipinski definition) is 10. The van der Waals surface area contributed by atoms with Crippen LogP contribution in [0.2, 0.25) is 0 Å². The van der Waals surface area contributed by atoms with E-state index in [1.807, 2.05) is 12.1 Å². The summed E-state index contributed by atoms with van der Waals surface area (Å²) in [4.78, 5) is 48.8. The molecule has 0 aliphatic heterocycles. The summed E-state index contributed by atoms with van der Waals surface area (Å²) in [6.45, 7) is 11.5. The molecule has 0 saturated carbocycles. The van der Waals surface area contributed by atoms with Crippen LogP contribution in [-0.2, 0) is 19.1 Å². The minimum Gasteiger partial charge on any atom is -0.493 e. The Bertz CT molecular complexity index is 1430. The third-order valence-corrected chi connectivity index (χ3v) is 7.41. The molecule has 0 fully saturated rings. The Hall–Kier alpha value is -3.54. The quantitative estimate of drug-likeness (QED) is 0.0784. The van der Waals surface area contributed by atoms with Gasteiger partial charge in [-0.1, -0.05) is 12.2 Å². The molecule has 0 spiro atoms. The van der Waals surface area contributed by atoms with Crippen molar-refractivity contribution in [3.63, 3.8) is 0 Å². The lowest BCUT2D eigenvalue weighted by Gasteiger charge is -2.20. The molecule has 14 heteroatoms. The summed E-state index contributed by atoms with van der Waals surface area (Å²) in [5, 5.41) is 5.27. The highest BCUT2D eigenvalue weighted by atomic mass is 127. The zero-order valence-electron chi connectivity index (χ0n) is 29.0. The van der Waals surface area contributed by atoms with Crippen molar-refractivity contribution in [2.24, 2.45) is 0 Å². The molecule has 2 rings (SSSR count). The van der Waals surface area contributed by atoms with Gasteiger partial charge >= 0.3 is 12.2 Å². The topological polar surface area (TPSA) is 148 Å². The molecule has 0 aliphatic rings. The van der Waals surface area contributed by atoms with Crippen molar-refractivity contribution in [3.8, 4) is 23.0 Å². The lowest BCUT2D eigenvalue weighted by molar-refractivity contribution is -0.121. The van der Waals surface area contributed by atoms with E-state index in [2.05, 4.69) is 55.8 Å². The summed E-state index contributed by atoms with van der Waals surface area (Å²) in [6, 6.07) is 7.05. The Morgan fingerprint density at radius 1 is 0.653 bits per heavy atom. The summed E-state index contributed by atoms with van der Waals surface area (Å²) in [5.74, 6) is 1.17. The van der Waals surface area contributed by atoms with E-state index in [0.29, 0.717) is 34.1 Å². The second-order valence-electron chi connectivity index (χ2n) is 12.4. The summed E-state index contributed by atoms with van der Waals surface area (Å²) in [7, 11) is 3.01. The van der Waals surface area contributed by atoms with Gasteiger partial charge < -0.3 is 39.1 Å². The van der Waals surface area contributed by atoms with Crippen molar-refractivity contribution in [3.05, 3.63) is 54.7 Å². The first-order chi connectivity index (χ1) is 22.9. The Kier molecular flexibility index (Phi) is 16.6. The maximum absolute atomic E-state index is 12.6. The molecule has 0 bridgehead atoms. The monoisotopic (exact) mass is 906 g/mol. The molecule has 2 aromatic rings. The number of alkyl carbamates (subject to hydrolysis) is 2. The molecule has 2 aromatic carbocycles. The SMILES string of the molecule is COc1cc(/C=C/C(=O)CC(=O)/C=C/c2cc(I)c(OCCNC(=O)OC(C)(C)C)c(OC)c2)cc(I)c1OCCNC(=O)OC(C)(C)C. The van der Waals surface area contributed by atoms with E-state index in [9.17, 15) is 19.2 Å². The van der Waals surface area contributed by atoms with Crippen LogP contribution in [0.1, 0.15) is 59.1 Å². The van der Waals surface area contributed by atoms with Crippen molar-refractivity contribution in [1.29, 1.82) is 0 Å². The number of methoxy groups -OCH3 is 2. The van der Waals surface area contributed by atoms with Gasteiger partial charge in [0, 0.05) is 0 Å². The number of carbonyl (C=O) groups excluding carboxylic acids is 4. The first kappa shape index (κ1) is 41.6. The van der Waals surface area contributed by atoms with Gasteiger partial charge in [0.1, 0.15) is 24.4 Å². The largest absolute Gasteiger partial charge is 0.493 e.